The molecule has 2 heterocycles. The van der Waals surface area contributed by atoms with Crippen molar-refractivity contribution in [1.82, 2.24) is 4.90 Å². The Kier molecular flexibility index (Phi) is 6.32. The van der Waals surface area contributed by atoms with Gasteiger partial charge in [-0.2, -0.15) is 0 Å². The van der Waals surface area contributed by atoms with Crippen LogP contribution < -0.4 is 4.90 Å². The van der Waals surface area contributed by atoms with E-state index in [1.165, 1.54) is 18.5 Å². The van der Waals surface area contributed by atoms with Crippen molar-refractivity contribution in [2.45, 2.75) is 38.9 Å². The first-order valence-corrected chi connectivity index (χ1v) is 9.52. The molecule has 1 amide bonds. The highest BCUT2D eigenvalue weighted by Crippen LogP contribution is 2.26. The maximum atomic E-state index is 12.7. The van der Waals surface area contributed by atoms with E-state index in [0.717, 1.165) is 38.0 Å². The van der Waals surface area contributed by atoms with Gasteiger partial charge in [0.1, 0.15) is 0 Å². The summed E-state index contributed by atoms with van der Waals surface area (Å²) in [5.74, 6) is 0.551. The average Bonchev–Trinajstić information content (AvgIpc) is 3.20. The minimum atomic E-state index is -0.0600. The third-order valence-electron chi connectivity index (χ3n) is 5.26. The predicted molar refractivity (Wildman–Crippen MR) is 98.9 cm³/mol. The highest BCUT2D eigenvalue weighted by atomic mass is 16.7. The highest BCUT2D eigenvalue weighted by Gasteiger charge is 2.31. The second-order valence-electron chi connectivity index (χ2n) is 7.06. The number of unbranched alkanes of at least 4 members (excludes halogenated alkanes) is 1. The summed E-state index contributed by atoms with van der Waals surface area (Å²) >= 11 is 0. The molecule has 138 valence electrons. The zero-order chi connectivity index (χ0) is 17.6. The Morgan fingerprint density at radius 3 is 2.40 bits per heavy atom. The van der Waals surface area contributed by atoms with E-state index >= 15 is 0 Å². The highest BCUT2D eigenvalue weighted by molar-refractivity contribution is 5.94. The van der Waals surface area contributed by atoms with Crippen LogP contribution in [0.4, 0.5) is 5.69 Å². The van der Waals surface area contributed by atoms with E-state index in [1.54, 1.807) is 0 Å². The van der Waals surface area contributed by atoms with Crippen LogP contribution in [0.15, 0.2) is 24.3 Å². The van der Waals surface area contributed by atoms with Crippen molar-refractivity contribution in [2.24, 2.45) is 5.92 Å². The third kappa shape index (κ3) is 4.53. The van der Waals surface area contributed by atoms with Crippen molar-refractivity contribution in [3.8, 4) is 0 Å². The van der Waals surface area contributed by atoms with E-state index in [9.17, 15) is 4.79 Å². The standard InChI is InChI=1S/C20H30N2O3/c1-3-4-11-21(2)18-7-5-16(6-8-18)19(23)22-12-9-17(10-13-22)20-24-14-15-25-20/h5-8,17,20H,3-4,9-15H2,1-2H3. The van der Waals surface area contributed by atoms with Gasteiger partial charge in [-0.05, 0) is 43.5 Å². The molecule has 25 heavy (non-hydrogen) atoms. The van der Waals surface area contributed by atoms with Gasteiger partial charge in [-0.3, -0.25) is 4.79 Å². The molecule has 5 nitrogen and oxygen atoms in total. The molecule has 2 aliphatic heterocycles. The monoisotopic (exact) mass is 346 g/mol. The van der Waals surface area contributed by atoms with Crippen LogP contribution in [0.25, 0.3) is 0 Å². The Bertz CT molecular complexity index is 547. The van der Waals surface area contributed by atoms with Gasteiger partial charge >= 0.3 is 0 Å². The van der Waals surface area contributed by atoms with Crippen LogP contribution in [0.3, 0.4) is 0 Å². The van der Waals surface area contributed by atoms with Crippen molar-refractivity contribution in [3.63, 3.8) is 0 Å². The van der Waals surface area contributed by atoms with Crippen molar-refractivity contribution >= 4 is 11.6 Å². The van der Waals surface area contributed by atoms with Gasteiger partial charge in [-0.25, -0.2) is 0 Å². The molecule has 0 bridgehead atoms. The number of likely N-dealkylation sites (tertiary alicyclic amines) is 1. The molecular weight excluding hydrogens is 316 g/mol. The fourth-order valence-electron chi connectivity index (χ4n) is 3.59. The van der Waals surface area contributed by atoms with Crippen molar-refractivity contribution in [3.05, 3.63) is 29.8 Å². The Morgan fingerprint density at radius 1 is 1.16 bits per heavy atom. The van der Waals surface area contributed by atoms with Crippen LogP contribution in [0.1, 0.15) is 43.0 Å². The van der Waals surface area contributed by atoms with E-state index in [0.29, 0.717) is 19.1 Å². The van der Waals surface area contributed by atoms with E-state index < -0.39 is 0 Å². The first-order valence-electron chi connectivity index (χ1n) is 9.52. The van der Waals surface area contributed by atoms with Crippen LogP contribution in [0.2, 0.25) is 0 Å². The first kappa shape index (κ1) is 18.2. The Hall–Kier alpha value is -1.59. The van der Waals surface area contributed by atoms with Gasteiger partial charge in [-0.15, -0.1) is 0 Å². The van der Waals surface area contributed by atoms with Crippen molar-refractivity contribution in [1.29, 1.82) is 0 Å². The molecule has 1 aromatic rings. The fourth-order valence-corrected chi connectivity index (χ4v) is 3.59. The van der Waals surface area contributed by atoms with Crippen LogP contribution in [0, 0.1) is 5.92 Å². The average molecular weight is 346 g/mol. The van der Waals surface area contributed by atoms with E-state index in [2.05, 4.69) is 31.0 Å². The lowest BCUT2D eigenvalue weighted by Gasteiger charge is -2.34. The Balaban J connectivity index is 1.52. The van der Waals surface area contributed by atoms with Crippen LogP contribution >= 0.6 is 0 Å². The minimum Gasteiger partial charge on any atom is -0.375 e. The number of carbonyl (C=O) groups is 1. The van der Waals surface area contributed by atoms with E-state index in [-0.39, 0.29) is 12.2 Å². The number of ether oxygens (including phenoxy) is 2. The summed E-state index contributed by atoms with van der Waals surface area (Å²) in [6.45, 7) is 6.20. The second-order valence-corrected chi connectivity index (χ2v) is 7.06. The summed E-state index contributed by atoms with van der Waals surface area (Å²) in [6, 6.07) is 8.01. The van der Waals surface area contributed by atoms with E-state index in [1.807, 2.05) is 17.0 Å². The number of nitrogens with zero attached hydrogens (tertiary/aromatic N) is 2. The molecule has 0 atom stereocenters. The molecule has 0 unspecified atom stereocenters. The van der Waals surface area contributed by atoms with Gasteiger partial charge in [0.2, 0.25) is 0 Å². The fraction of sp³-hybridized carbons (Fsp3) is 0.650. The normalized spacial score (nSPS) is 19.4. The summed E-state index contributed by atoms with van der Waals surface area (Å²) < 4.78 is 11.2. The predicted octanol–water partition coefficient (Wildman–Crippen LogP) is 3.15. The molecule has 2 saturated heterocycles. The maximum absolute atomic E-state index is 12.7. The second kappa shape index (κ2) is 8.68. The number of hydrogen-bond acceptors (Lipinski definition) is 4. The molecular formula is C20H30N2O3. The number of carbonyl (C=O) groups excluding carboxylic acids is 1. The lowest BCUT2D eigenvalue weighted by molar-refractivity contribution is -0.0956. The third-order valence-corrected chi connectivity index (χ3v) is 5.26. The molecule has 0 radical (unpaired) electrons. The molecule has 0 aliphatic carbocycles. The SMILES string of the molecule is CCCCN(C)c1ccc(C(=O)N2CCC(C3OCCO3)CC2)cc1. The van der Waals surface area contributed by atoms with Crippen molar-refractivity contribution in [2.75, 3.05) is 44.8 Å². The van der Waals surface area contributed by atoms with Gasteiger partial charge in [0.25, 0.3) is 5.91 Å². The zero-order valence-electron chi connectivity index (χ0n) is 15.4. The molecule has 2 fully saturated rings. The number of rotatable bonds is 6. The topological polar surface area (TPSA) is 42.0 Å². The van der Waals surface area contributed by atoms with Crippen LogP contribution in [0.5, 0.6) is 0 Å². The summed E-state index contributed by atoms with van der Waals surface area (Å²) in [6.07, 6.45) is 4.21. The van der Waals surface area contributed by atoms with Gasteiger partial charge in [0, 0.05) is 43.9 Å². The number of amides is 1. The smallest absolute Gasteiger partial charge is 0.253 e. The molecule has 2 aliphatic rings. The lowest BCUT2D eigenvalue weighted by atomic mass is 9.95. The van der Waals surface area contributed by atoms with Gasteiger partial charge < -0.3 is 19.3 Å². The van der Waals surface area contributed by atoms with Crippen LogP contribution in [-0.2, 0) is 9.47 Å². The summed E-state index contributed by atoms with van der Waals surface area (Å²) in [7, 11) is 2.10. The van der Waals surface area contributed by atoms with E-state index in [4.69, 9.17) is 9.47 Å². The summed E-state index contributed by atoms with van der Waals surface area (Å²) in [5.41, 5.74) is 1.94. The lowest BCUT2D eigenvalue weighted by Crippen LogP contribution is -2.41. The molecule has 0 aromatic heterocycles. The summed E-state index contributed by atoms with van der Waals surface area (Å²) in [5, 5.41) is 0. The number of piperidine rings is 1. The summed E-state index contributed by atoms with van der Waals surface area (Å²) in [4.78, 5) is 16.9. The minimum absolute atomic E-state index is 0.0600. The molecule has 3 rings (SSSR count). The Labute approximate surface area is 150 Å². The molecule has 0 spiro atoms. The molecule has 5 heteroatoms. The molecule has 1 aromatic carbocycles. The molecule has 0 N–H and O–H groups in total. The maximum Gasteiger partial charge on any atom is 0.253 e. The van der Waals surface area contributed by atoms with Crippen LogP contribution in [-0.4, -0.2) is 57.0 Å². The number of hydrogen-bond donors (Lipinski definition) is 0. The first-order chi connectivity index (χ1) is 12.2. The zero-order valence-corrected chi connectivity index (χ0v) is 15.4. The number of benzene rings is 1. The number of anilines is 1. The quantitative estimate of drug-likeness (QED) is 0.793. The largest absolute Gasteiger partial charge is 0.375 e. The van der Waals surface area contributed by atoms with Gasteiger partial charge in [0.15, 0.2) is 6.29 Å². The van der Waals surface area contributed by atoms with Gasteiger partial charge in [-0.1, -0.05) is 13.3 Å². The molecule has 0 saturated carbocycles. The Morgan fingerprint density at radius 2 is 1.80 bits per heavy atom. The van der Waals surface area contributed by atoms with Gasteiger partial charge in [0.05, 0.1) is 13.2 Å². The van der Waals surface area contributed by atoms with Crippen molar-refractivity contribution < 1.29 is 14.3 Å².